The Kier molecular flexibility index (Phi) is 4.20. The van der Waals surface area contributed by atoms with Gasteiger partial charge in [-0.25, -0.2) is 4.98 Å². The Morgan fingerprint density at radius 2 is 1.86 bits per heavy atom. The fourth-order valence-electron chi connectivity index (χ4n) is 2.85. The number of rotatable bonds is 5. The number of nitrogens with one attached hydrogen (secondary N) is 1. The molecule has 0 bridgehead atoms. The average molecular weight is 282 g/mol. The maximum Gasteiger partial charge on any atom is 0.218 e. The molecule has 3 heteroatoms. The third-order valence-corrected chi connectivity index (χ3v) is 3.83. The maximum absolute atomic E-state index is 5.77. The first kappa shape index (κ1) is 14.1. The second kappa shape index (κ2) is 6.27. The summed E-state index contributed by atoms with van der Waals surface area (Å²) < 4.78 is 5.77. The van der Waals surface area contributed by atoms with Gasteiger partial charge in [0.15, 0.2) is 0 Å². The Balaban J connectivity index is 1.62. The number of aromatic nitrogens is 1. The molecule has 0 radical (unpaired) electrons. The van der Waals surface area contributed by atoms with Gasteiger partial charge in [0.2, 0.25) is 5.88 Å². The standard InChI is InChI=1S/C18H22N2O/c1-13(2)21-18-16(8-5-9-19-18)12-20-17-10-14-6-3-4-7-15(14)11-17/h3-9,13,17,20H,10-12H2,1-2H3. The second-order valence-electron chi connectivity index (χ2n) is 5.89. The molecule has 0 saturated heterocycles. The van der Waals surface area contributed by atoms with Crippen molar-refractivity contribution in [2.24, 2.45) is 0 Å². The maximum atomic E-state index is 5.77. The lowest BCUT2D eigenvalue weighted by Crippen LogP contribution is -2.29. The van der Waals surface area contributed by atoms with E-state index >= 15 is 0 Å². The summed E-state index contributed by atoms with van der Waals surface area (Å²) in [7, 11) is 0. The summed E-state index contributed by atoms with van der Waals surface area (Å²) in [4.78, 5) is 4.34. The molecule has 0 amide bonds. The van der Waals surface area contributed by atoms with Crippen LogP contribution in [0.3, 0.4) is 0 Å². The fourth-order valence-corrected chi connectivity index (χ4v) is 2.85. The first-order valence-electron chi connectivity index (χ1n) is 7.63. The molecule has 1 aromatic heterocycles. The summed E-state index contributed by atoms with van der Waals surface area (Å²) in [6.07, 6.45) is 4.15. The quantitative estimate of drug-likeness (QED) is 0.915. The number of ether oxygens (including phenoxy) is 1. The monoisotopic (exact) mass is 282 g/mol. The zero-order valence-electron chi connectivity index (χ0n) is 12.7. The first-order chi connectivity index (χ1) is 10.2. The van der Waals surface area contributed by atoms with Crippen LogP contribution in [0.5, 0.6) is 5.88 Å². The van der Waals surface area contributed by atoms with Crippen LogP contribution >= 0.6 is 0 Å². The van der Waals surface area contributed by atoms with Crippen molar-refractivity contribution in [3.8, 4) is 5.88 Å². The summed E-state index contributed by atoms with van der Waals surface area (Å²) in [6.45, 7) is 4.85. The van der Waals surface area contributed by atoms with E-state index in [1.165, 1.54) is 11.1 Å². The molecule has 3 rings (SSSR count). The highest BCUT2D eigenvalue weighted by atomic mass is 16.5. The van der Waals surface area contributed by atoms with E-state index in [1.807, 2.05) is 19.9 Å². The lowest BCUT2D eigenvalue weighted by atomic mass is 10.1. The molecule has 0 saturated carbocycles. The van der Waals surface area contributed by atoms with Crippen LogP contribution in [0, 0.1) is 0 Å². The van der Waals surface area contributed by atoms with Gasteiger partial charge < -0.3 is 10.1 Å². The Bertz CT molecular complexity index is 585. The van der Waals surface area contributed by atoms with Gasteiger partial charge in [-0.05, 0) is 43.9 Å². The lowest BCUT2D eigenvalue weighted by Gasteiger charge is -2.15. The van der Waals surface area contributed by atoms with Crippen LogP contribution in [0.2, 0.25) is 0 Å². The molecule has 0 unspecified atom stereocenters. The van der Waals surface area contributed by atoms with Crippen LogP contribution < -0.4 is 10.1 Å². The molecule has 21 heavy (non-hydrogen) atoms. The van der Waals surface area contributed by atoms with Gasteiger partial charge in [-0.1, -0.05) is 30.3 Å². The van der Waals surface area contributed by atoms with Crippen molar-refractivity contribution < 1.29 is 4.74 Å². The summed E-state index contributed by atoms with van der Waals surface area (Å²) in [5.74, 6) is 0.746. The third-order valence-electron chi connectivity index (χ3n) is 3.83. The minimum atomic E-state index is 0.148. The van der Waals surface area contributed by atoms with E-state index in [4.69, 9.17) is 4.74 Å². The molecule has 2 aromatic rings. The highest BCUT2D eigenvalue weighted by Gasteiger charge is 2.20. The van der Waals surface area contributed by atoms with Crippen LogP contribution in [0.25, 0.3) is 0 Å². The van der Waals surface area contributed by atoms with Gasteiger partial charge in [-0.3, -0.25) is 0 Å². The van der Waals surface area contributed by atoms with Crippen LogP contribution in [0.15, 0.2) is 42.6 Å². The Labute approximate surface area is 126 Å². The number of fused-ring (bicyclic) bond motifs is 1. The second-order valence-corrected chi connectivity index (χ2v) is 5.89. The zero-order chi connectivity index (χ0) is 14.7. The molecule has 1 N–H and O–H groups in total. The predicted molar refractivity (Wildman–Crippen MR) is 84.5 cm³/mol. The van der Waals surface area contributed by atoms with Crippen molar-refractivity contribution in [2.75, 3.05) is 0 Å². The van der Waals surface area contributed by atoms with E-state index in [1.54, 1.807) is 6.20 Å². The van der Waals surface area contributed by atoms with Gasteiger partial charge in [0.1, 0.15) is 0 Å². The molecule has 3 nitrogen and oxygen atoms in total. The average Bonchev–Trinajstić information content (AvgIpc) is 2.88. The summed E-state index contributed by atoms with van der Waals surface area (Å²) in [5.41, 5.74) is 4.07. The molecule has 0 atom stereocenters. The topological polar surface area (TPSA) is 34.1 Å². The van der Waals surface area contributed by atoms with Gasteiger partial charge in [-0.2, -0.15) is 0 Å². The van der Waals surface area contributed by atoms with E-state index in [0.29, 0.717) is 6.04 Å². The Hall–Kier alpha value is -1.87. The van der Waals surface area contributed by atoms with Gasteiger partial charge in [0.05, 0.1) is 6.10 Å². The molecule has 1 aliphatic carbocycles. The number of pyridine rings is 1. The highest BCUT2D eigenvalue weighted by Crippen LogP contribution is 2.22. The molecule has 1 heterocycles. The highest BCUT2D eigenvalue weighted by molar-refractivity contribution is 5.33. The van der Waals surface area contributed by atoms with Gasteiger partial charge in [-0.15, -0.1) is 0 Å². The Morgan fingerprint density at radius 1 is 1.14 bits per heavy atom. The Morgan fingerprint density at radius 3 is 2.52 bits per heavy atom. The molecular formula is C18H22N2O. The molecule has 1 aliphatic rings. The molecular weight excluding hydrogens is 260 g/mol. The van der Waals surface area contributed by atoms with Crippen LogP contribution in [0.1, 0.15) is 30.5 Å². The molecule has 1 aromatic carbocycles. The van der Waals surface area contributed by atoms with Crippen LogP contribution in [0.4, 0.5) is 0 Å². The van der Waals surface area contributed by atoms with Crippen molar-refractivity contribution in [3.05, 3.63) is 59.3 Å². The zero-order valence-corrected chi connectivity index (χ0v) is 12.7. The minimum absolute atomic E-state index is 0.148. The summed E-state index contributed by atoms with van der Waals surface area (Å²) in [5, 5.41) is 3.64. The lowest BCUT2D eigenvalue weighted by molar-refractivity contribution is 0.229. The number of hydrogen-bond donors (Lipinski definition) is 1. The number of benzene rings is 1. The van der Waals surface area contributed by atoms with E-state index in [0.717, 1.165) is 30.8 Å². The number of nitrogens with zero attached hydrogens (tertiary/aromatic N) is 1. The van der Waals surface area contributed by atoms with Crippen molar-refractivity contribution in [3.63, 3.8) is 0 Å². The van der Waals surface area contributed by atoms with Crippen LogP contribution in [-0.2, 0) is 19.4 Å². The molecule has 0 aliphatic heterocycles. The van der Waals surface area contributed by atoms with Crippen molar-refractivity contribution in [1.82, 2.24) is 10.3 Å². The first-order valence-corrected chi connectivity index (χ1v) is 7.63. The van der Waals surface area contributed by atoms with Gasteiger partial charge in [0.25, 0.3) is 0 Å². The SMILES string of the molecule is CC(C)Oc1ncccc1CNC1Cc2ccccc2C1. The van der Waals surface area contributed by atoms with E-state index < -0.39 is 0 Å². The summed E-state index contributed by atoms with van der Waals surface area (Å²) in [6, 6.07) is 13.3. The van der Waals surface area contributed by atoms with Gasteiger partial charge >= 0.3 is 0 Å². The van der Waals surface area contributed by atoms with E-state index in [-0.39, 0.29) is 6.10 Å². The van der Waals surface area contributed by atoms with Gasteiger partial charge in [0, 0.05) is 24.3 Å². The normalized spacial score (nSPS) is 14.4. The number of hydrogen-bond acceptors (Lipinski definition) is 3. The summed E-state index contributed by atoms with van der Waals surface area (Å²) >= 11 is 0. The third kappa shape index (κ3) is 3.42. The molecule has 110 valence electrons. The van der Waals surface area contributed by atoms with Crippen molar-refractivity contribution in [2.45, 2.75) is 45.4 Å². The van der Waals surface area contributed by atoms with E-state index in [9.17, 15) is 0 Å². The van der Waals surface area contributed by atoms with Crippen molar-refractivity contribution >= 4 is 0 Å². The molecule has 0 spiro atoms. The minimum Gasteiger partial charge on any atom is -0.475 e. The van der Waals surface area contributed by atoms with E-state index in [2.05, 4.69) is 40.6 Å². The predicted octanol–water partition coefficient (Wildman–Crippen LogP) is 3.13. The smallest absolute Gasteiger partial charge is 0.218 e. The van der Waals surface area contributed by atoms with Crippen molar-refractivity contribution in [1.29, 1.82) is 0 Å². The fraction of sp³-hybridized carbons (Fsp3) is 0.389. The largest absolute Gasteiger partial charge is 0.475 e. The van der Waals surface area contributed by atoms with Crippen LogP contribution in [-0.4, -0.2) is 17.1 Å². The molecule has 0 fully saturated rings.